The molecule has 1 saturated heterocycles. The number of hydrogen-bond donors (Lipinski definition) is 1. The molecule has 1 aromatic carbocycles. The quantitative estimate of drug-likeness (QED) is 0.549. The van der Waals surface area contributed by atoms with Gasteiger partial charge < -0.3 is 19.2 Å². The van der Waals surface area contributed by atoms with Crippen LogP contribution >= 0.6 is 24.8 Å². The predicted molar refractivity (Wildman–Crippen MR) is 126 cm³/mol. The van der Waals surface area contributed by atoms with E-state index in [1.54, 1.807) is 7.11 Å². The molecule has 1 unspecified atom stereocenters. The summed E-state index contributed by atoms with van der Waals surface area (Å²) < 4.78 is 9.70. The topological polar surface area (TPSA) is 56.9 Å². The standard InChI is InChI=1S/C22H29N5O.2ClH/c1-28-16-15-26-14-12-24-22(26)21-20(18-7-3-2-4-8-18)25-17-27(21)13-10-19-9-5-6-11-23-19;;/h2-4,7-8,12,14,17,19,23H,5-6,9-11,13,15-16H2,1H3;2*1H. The smallest absolute Gasteiger partial charge is 0.159 e. The van der Waals surface area contributed by atoms with Gasteiger partial charge in [-0.1, -0.05) is 36.8 Å². The third kappa shape index (κ3) is 5.64. The number of aryl methyl sites for hydroxylation is 1. The Balaban J connectivity index is 0.00000160. The van der Waals surface area contributed by atoms with Crippen molar-refractivity contribution in [2.75, 3.05) is 20.3 Å². The van der Waals surface area contributed by atoms with Gasteiger partial charge in [0, 0.05) is 44.2 Å². The van der Waals surface area contributed by atoms with Crippen LogP contribution in [0.25, 0.3) is 22.8 Å². The highest BCUT2D eigenvalue weighted by atomic mass is 35.5. The largest absolute Gasteiger partial charge is 0.383 e. The van der Waals surface area contributed by atoms with Crippen LogP contribution in [0, 0.1) is 0 Å². The highest BCUT2D eigenvalue weighted by Crippen LogP contribution is 2.30. The first kappa shape index (κ1) is 24.4. The molecular weight excluding hydrogens is 421 g/mol. The average molecular weight is 452 g/mol. The Morgan fingerprint density at radius 3 is 2.63 bits per heavy atom. The molecule has 0 radical (unpaired) electrons. The van der Waals surface area contributed by atoms with E-state index in [-0.39, 0.29) is 24.8 Å². The Kier molecular flexibility index (Phi) is 9.85. The maximum Gasteiger partial charge on any atom is 0.159 e. The molecule has 164 valence electrons. The zero-order valence-electron chi connectivity index (χ0n) is 17.4. The lowest BCUT2D eigenvalue weighted by Crippen LogP contribution is -2.34. The number of halogens is 2. The summed E-state index contributed by atoms with van der Waals surface area (Å²) in [5.74, 6) is 0.949. The van der Waals surface area contributed by atoms with Gasteiger partial charge in [-0.15, -0.1) is 24.8 Å². The van der Waals surface area contributed by atoms with Crippen LogP contribution < -0.4 is 5.32 Å². The van der Waals surface area contributed by atoms with Crippen molar-refractivity contribution in [2.45, 2.75) is 44.8 Å². The Hall–Kier alpha value is -1.86. The molecule has 4 rings (SSSR count). The number of nitrogens with one attached hydrogen (secondary N) is 1. The number of nitrogens with zero attached hydrogens (tertiary/aromatic N) is 4. The molecular formula is C22H31Cl2N5O. The van der Waals surface area contributed by atoms with Crippen molar-refractivity contribution < 1.29 is 4.74 Å². The van der Waals surface area contributed by atoms with Crippen LogP contribution in [0.2, 0.25) is 0 Å². The molecule has 1 aliphatic heterocycles. The van der Waals surface area contributed by atoms with E-state index in [9.17, 15) is 0 Å². The van der Waals surface area contributed by atoms with Crippen molar-refractivity contribution >= 4 is 24.8 Å². The highest BCUT2D eigenvalue weighted by Gasteiger charge is 2.20. The van der Waals surface area contributed by atoms with Crippen LogP contribution in [-0.2, 0) is 17.8 Å². The van der Waals surface area contributed by atoms with Gasteiger partial charge in [0.25, 0.3) is 0 Å². The van der Waals surface area contributed by atoms with E-state index in [0.29, 0.717) is 12.6 Å². The number of benzene rings is 1. The van der Waals surface area contributed by atoms with Crippen LogP contribution in [0.3, 0.4) is 0 Å². The molecule has 0 spiro atoms. The Morgan fingerprint density at radius 2 is 1.90 bits per heavy atom. The zero-order chi connectivity index (χ0) is 19.2. The van der Waals surface area contributed by atoms with Crippen molar-refractivity contribution in [1.82, 2.24) is 24.4 Å². The molecule has 3 heterocycles. The van der Waals surface area contributed by atoms with Gasteiger partial charge in [-0.3, -0.25) is 0 Å². The average Bonchev–Trinajstić information content (AvgIpc) is 3.38. The Labute approximate surface area is 190 Å². The molecule has 1 atom stereocenters. The minimum absolute atomic E-state index is 0. The lowest BCUT2D eigenvalue weighted by Gasteiger charge is -2.23. The Morgan fingerprint density at radius 1 is 1.07 bits per heavy atom. The second-order valence-electron chi connectivity index (χ2n) is 7.37. The van der Waals surface area contributed by atoms with Crippen LogP contribution in [0.1, 0.15) is 25.7 Å². The molecule has 0 bridgehead atoms. The molecule has 30 heavy (non-hydrogen) atoms. The van der Waals surface area contributed by atoms with E-state index < -0.39 is 0 Å². The molecule has 1 fully saturated rings. The zero-order valence-corrected chi connectivity index (χ0v) is 19.0. The second-order valence-corrected chi connectivity index (χ2v) is 7.37. The SMILES string of the molecule is COCCn1ccnc1-c1c(-c2ccccc2)ncn1CCC1CCCCN1.Cl.Cl. The Bertz CT molecular complexity index is 875. The summed E-state index contributed by atoms with van der Waals surface area (Å²) >= 11 is 0. The van der Waals surface area contributed by atoms with Crippen molar-refractivity contribution in [3.8, 4) is 22.8 Å². The first-order chi connectivity index (χ1) is 13.9. The number of rotatable bonds is 8. The number of ether oxygens (including phenoxy) is 1. The lowest BCUT2D eigenvalue weighted by molar-refractivity contribution is 0.187. The van der Waals surface area contributed by atoms with Gasteiger partial charge in [0.15, 0.2) is 5.82 Å². The summed E-state index contributed by atoms with van der Waals surface area (Å²) in [6.07, 6.45) is 10.8. The predicted octanol–water partition coefficient (Wildman–Crippen LogP) is 4.44. The third-order valence-electron chi connectivity index (χ3n) is 5.48. The van der Waals surface area contributed by atoms with E-state index in [0.717, 1.165) is 48.8 Å². The molecule has 0 amide bonds. The maximum absolute atomic E-state index is 5.28. The fraction of sp³-hybridized carbons (Fsp3) is 0.455. The molecule has 1 N–H and O–H groups in total. The fourth-order valence-electron chi connectivity index (χ4n) is 3.96. The van der Waals surface area contributed by atoms with E-state index in [2.05, 4.69) is 43.7 Å². The van der Waals surface area contributed by atoms with E-state index >= 15 is 0 Å². The van der Waals surface area contributed by atoms with Crippen LogP contribution in [0.4, 0.5) is 0 Å². The van der Waals surface area contributed by atoms with Crippen LogP contribution in [0.5, 0.6) is 0 Å². The molecule has 2 aromatic heterocycles. The van der Waals surface area contributed by atoms with Crippen molar-refractivity contribution in [1.29, 1.82) is 0 Å². The number of methoxy groups -OCH3 is 1. The van der Waals surface area contributed by atoms with Gasteiger partial charge in [0.1, 0.15) is 5.69 Å². The van der Waals surface area contributed by atoms with E-state index in [1.807, 2.05) is 24.8 Å². The highest BCUT2D eigenvalue weighted by molar-refractivity contribution is 5.85. The first-order valence-electron chi connectivity index (χ1n) is 10.2. The van der Waals surface area contributed by atoms with Gasteiger partial charge in [-0.05, 0) is 25.8 Å². The first-order valence-corrected chi connectivity index (χ1v) is 10.2. The van der Waals surface area contributed by atoms with Gasteiger partial charge >= 0.3 is 0 Å². The molecule has 0 saturated carbocycles. The lowest BCUT2D eigenvalue weighted by atomic mass is 10.0. The summed E-state index contributed by atoms with van der Waals surface area (Å²) in [5.41, 5.74) is 3.19. The summed E-state index contributed by atoms with van der Waals surface area (Å²) in [7, 11) is 1.73. The van der Waals surface area contributed by atoms with Gasteiger partial charge in [-0.2, -0.15) is 0 Å². The third-order valence-corrected chi connectivity index (χ3v) is 5.48. The van der Waals surface area contributed by atoms with E-state index in [1.165, 1.54) is 19.3 Å². The second kappa shape index (κ2) is 12.1. The minimum atomic E-state index is 0. The molecule has 1 aliphatic rings. The van der Waals surface area contributed by atoms with Crippen LogP contribution in [-0.4, -0.2) is 45.4 Å². The molecule has 3 aromatic rings. The van der Waals surface area contributed by atoms with Crippen molar-refractivity contribution in [3.63, 3.8) is 0 Å². The minimum Gasteiger partial charge on any atom is -0.383 e. The van der Waals surface area contributed by atoms with Gasteiger partial charge in [0.2, 0.25) is 0 Å². The monoisotopic (exact) mass is 451 g/mol. The molecule has 6 nitrogen and oxygen atoms in total. The summed E-state index contributed by atoms with van der Waals surface area (Å²) in [6.45, 7) is 3.50. The maximum atomic E-state index is 5.28. The van der Waals surface area contributed by atoms with Crippen molar-refractivity contribution in [2.24, 2.45) is 0 Å². The molecule has 8 heteroatoms. The van der Waals surface area contributed by atoms with Gasteiger partial charge in [-0.25, -0.2) is 9.97 Å². The number of imidazole rings is 2. The van der Waals surface area contributed by atoms with Crippen molar-refractivity contribution in [3.05, 3.63) is 49.1 Å². The normalized spacial score (nSPS) is 16.0. The van der Waals surface area contributed by atoms with Gasteiger partial charge in [0.05, 0.1) is 18.6 Å². The summed E-state index contributed by atoms with van der Waals surface area (Å²) in [6, 6.07) is 11.0. The fourth-order valence-corrected chi connectivity index (χ4v) is 3.96. The number of hydrogen-bond acceptors (Lipinski definition) is 4. The number of piperidine rings is 1. The summed E-state index contributed by atoms with van der Waals surface area (Å²) in [4.78, 5) is 9.47. The summed E-state index contributed by atoms with van der Waals surface area (Å²) in [5, 5.41) is 3.65. The van der Waals surface area contributed by atoms with E-state index in [4.69, 9.17) is 9.72 Å². The number of aromatic nitrogens is 4. The molecule has 0 aliphatic carbocycles. The van der Waals surface area contributed by atoms with Crippen LogP contribution in [0.15, 0.2) is 49.1 Å².